The number of alkyl halides is 3. The lowest BCUT2D eigenvalue weighted by atomic mass is 10.1. The summed E-state index contributed by atoms with van der Waals surface area (Å²) in [5.74, 6) is 0.232. The van der Waals surface area contributed by atoms with E-state index in [9.17, 15) is 18.0 Å². The third-order valence-corrected chi connectivity index (χ3v) is 4.95. The summed E-state index contributed by atoms with van der Waals surface area (Å²) in [4.78, 5) is 18.8. The van der Waals surface area contributed by atoms with Gasteiger partial charge in [0.25, 0.3) is 5.91 Å². The molecule has 1 aliphatic rings. The molecule has 1 saturated heterocycles. The molecule has 29 heavy (non-hydrogen) atoms. The molecule has 2 aromatic carbocycles. The molecule has 2 heterocycles. The van der Waals surface area contributed by atoms with Gasteiger partial charge >= 0.3 is 6.18 Å². The van der Waals surface area contributed by atoms with E-state index in [0.717, 1.165) is 23.3 Å². The van der Waals surface area contributed by atoms with E-state index in [1.54, 1.807) is 0 Å². The molecule has 0 radical (unpaired) electrons. The predicted octanol–water partition coefficient (Wildman–Crippen LogP) is 5.04. The Morgan fingerprint density at radius 2 is 1.97 bits per heavy atom. The highest BCUT2D eigenvalue weighted by Crippen LogP contribution is 2.34. The van der Waals surface area contributed by atoms with Crippen LogP contribution in [0.2, 0.25) is 0 Å². The highest BCUT2D eigenvalue weighted by Gasteiger charge is 2.36. The third kappa shape index (κ3) is 3.87. The van der Waals surface area contributed by atoms with Crippen molar-refractivity contribution in [3.8, 4) is 11.4 Å². The normalized spacial score (nSPS) is 17.0. The standard InChI is InChI=1S/C21H18F3N3O2/c1-13-5-2-6-14(11-13)18-25-19(29-26-18)17-9-4-10-27(17)20(28)15-7-3-8-16(12-15)21(22,23)24/h2-3,5-8,11-12,17H,4,9-10H2,1H3. The van der Waals surface area contributed by atoms with Gasteiger partial charge in [-0.1, -0.05) is 35.0 Å². The Morgan fingerprint density at radius 1 is 1.17 bits per heavy atom. The largest absolute Gasteiger partial charge is 0.416 e. The van der Waals surface area contributed by atoms with Gasteiger partial charge in [0.05, 0.1) is 5.56 Å². The zero-order valence-electron chi connectivity index (χ0n) is 15.6. The fourth-order valence-corrected chi connectivity index (χ4v) is 3.53. The van der Waals surface area contributed by atoms with Crippen LogP contribution < -0.4 is 0 Å². The molecule has 1 aliphatic heterocycles. The van der Waals surface area contributed by atoms with Crippen LogP contribution in [0.5, 0.6) is 0 Å². The number of likely N-dealkylation sites (tertiary alicyclic amines) is 1. The van der Waals surface area contributed by atoms with Gasteiger partial charge in [0.2, 0.25) is 11.7 Å². The third-order valence-electron chi connectivity index (χ3n) is 4.95. The number of rotatable bonds is 3. The van der Waals surface area contributed by atoms with Crippen LogP contribution in [0.25, 0.3) is 11.4 Å². The average molecular weight is 401 g/mol. The number of benzene rings is 2. The van der Waals surface area contributed by atoms with E-state index < -0.39 is 23.7 Å². The first-order valence-electron chi connectivity index (χ1n) is 9.22. The van der Waals surface area contributed by atoms with E-state index in [1.165, 1.54) is 17.0 Å². The van der Waals surface area contributed by atoms with Crippen LogP contribution in [0.4, 0.5) is 13.2 Å². The predicted molar refractivity (Wildman–Crippen MR) is 98.9 cm³/mol. The lowest BCUT2D eigenvalue weighted by molar-refractivity contribution is -0.137. The summed E-state index contributed by atoms with van der Waals surface area (Å²) in [5, 5.41) is 4.01. The van der Waals surface area contributed by atoms with Crippen LogP contribution in [-0.4, -0.2) is 27.5 Å². The molecule has 1 fully saturated rings. The number of aryl methyl sites for hydroxylation is 1. The number of hydrogen-bond acceptors (Lipinski definition) is 4. The van der Waals surface area contributed by atoms with Gasteiger partial charge in [0, 0.05) is 17.7 Å². The van der Waals surface area contributed by atoms with Gasteiger partial charge in [-0.25, -0.2) is 0 Å². The van der Waals surface area contributed by atoms with Crippen molar-refractivity contribution in [2.75, 3.05) is 6.54 Å². The summed E-state index contributed by atoms with van der Waals surface area (Å²) in [6, 6.07) is 11.6. The van der Waals surface area contributed by atoms with Crippen LogP contribution >= 0.6 is 0 Å². The molecule has 1 aromatic heterocycles. The Kier molecular flexibility index (Phi) is 4.86. The van der Waals surface area contributed by atoms with Gasteiger partial charge < -0.3 is 9.42 Å². The molecule has 8 heteroatoms. The van der Waals surface area contributed by atoms with Crippen molar-refractivity contribution in [3.05, 3.63) is 71.1 Å². The number of nitrogens with zero attached hydrogens (tertiary/aromatic N) is 3. The van der Waals surface area contributed by atoms with Crippen LogP contribution in [0.3, 0.4) is 0 Å². The number of amides is 1. The summed E-state index contributed by atoms with van der Waals surface area (Å²) in [6.45, 7) is 2.37. The highest BCUT2D eigenvalue weighted by atomic mass is 19.4. The first kappa shape index (κ1) is 19.2. The molecule has 0 bridgehead atoms. The fraction of sp³-hybridized carbons (Fsp3) is 0.286. The number of aromatic nitrogens is 2. The SMILES string of the molecule is Cc1cccc(-c2noc(C3CCCN3C(=O)c3cccc(C(F)(F)F)c3)n2)c1. The lowest BCUT2D eigenvalue weighted by Crippen LogP contribution is -2.31. The number of hydrogen-bond donors (Lipinski definition) is 0. The molecule has 0 saturated carbocycles. The molecule has 0 aliphatic carbocycles. The molecular formula is C21H18F3N3O2. The van der Waals surface area contributed by atoms with Crippen molar-refractivity contribution < 1.29 is 22.5 Å². The minimum absolute atomic E-state index is 0.00912. The van der Waals surface area contributed by atoms with Gasteiger partial charge in [-0.05, 0) is 44.0 Å². The summed E-state index contributed by atoms with van der Waals surface area (Å²) in [6.07, 6.45) is -3.19. The molecule has 1 amide bonds. The summed E-state index contributed by atoms with van der Waals surface area (Å²) in [7, 11) is 0. The molecule has 0 N–H and O–H groups in total. The van der Waals surface area contributed by atoms with E-state index in [0.29, 0.717) is 31.1 Å². The first-order chi connectivity index (χ1) is 13.8. The Hall–Kier alpha value is -3.16. The van der Waals surface area contributed by atoms with Crippen molar-refractivity contribution in [1.82, 2.24) is 15.0 Å². The van der Waals surface area contributed by atoms with Crippen LogP contribution in [0.1, 0.15) is 46.3 Å². The summed E-state index contributed by atoms with van der Waals surface area (Å²) >= 11 is 0. The Morgan fingerprint density at radius 3 is 2.72 bits per heavy atom. The minimum atomic E-state index is -4.50. The van der Waals surface area contributed by atoms with Crippen LogP contribution in [-0.2, 0) is 6.18 Å². The van der Waals surface area contributed by atoms with Crippen molar-refractivity contribution >= 4 is 5.91 Å². The van der Waals surface area contributed by atoms with Crippen molar-refractivity contribution in [2.45, 2.75) is 32.0 Å². The summed E-state index contributed by atoms with van der Waals surface area (Å²) in [5.41, 5.74) is 0.994. The maximum absolute atomic E-state index is 13.0. The smallest absolute Gasteiger partial charge is 0.337 e. The van der Waals surface area contributed by atoms with E-state index in [1.807, 2.05) is 31.2 Å². The first-order valence-corrected chi connectivity index (χ1v) is 9.22. The second-order valence-corrected chi connectivity index (χ2v) is 7.06. The fourth-order valence-electron chi connectivity index (χ4n) is 3.53. The van der Waals surface area contributed by atoms with Gasteiger partial charge in [-0.3, -0.25) is 4.79 Å². The number of carbonyl (C=O) groups excluding carboxylic acids is 1. The molecule has 5 nitrogen and oxygen atoms in total. The Labute approximate surface area is 165 Å². The maximum atomic E-state index is 13.0. The Bertz CT molecular complexity index is 1050. The van der Waals surface area contributed by atoms with Crippen molar-refractivity contribution in [3.63, 3.8) is 0 Å². The molecule has 4 rings (SSSR count). The van der Waals surface area contributed by atoms with Crippen LogP contribution in [0.15, 0.2) is 53.1 Å². The second-order valence-electron chi connectivity index (χ2n) is 7.06. The van der Waals surface area contributed by atoms with Crippen molar-refractivity contribution in [1.29, 1.82) is 0 Å². The van der Waals surface area contributed by atoms with E-state index in [4.69, 9.17) is 4.52 Å². The molecule has 0 spiro atoms. The molecule has 150 valence electrons. The molecule has 1 atom stereocenters. The quantitative estimate of drug-likeness (QED) is 0.617. The molecular weight excluding hydrogens is 383 g/mol. The van der Waals surface area contributed by atoms with E-state index in [2.05, 4.69) is 10.1 Å². The zero-order valence-corrected chi connectivity index (χ0v) is 15.6. The second kappa shape index (κ2) is 7.35. The molecule has 1 unspecified atom stereocenters. The maximum Gasteiger partial charge on any atom is 0.416 e. The molecule has 3 aromatic rings. The number of carbonyl (C=O) groups is 1. The zero-order chi connectivity index (χ0) is 20.6. The van der Waals surface area contributed by atoms with Gasteiger partial charge in [0.15, 0.2) is 0 Å². The minimum Gasteiger partial charge on any atom is -0.337 e. The van der Waals surface area contributed by atoms with Gasteiger partial charge in [0.1, 0.15) is 6.04 Å². The Balaban J connectivity index is 1.59. The highest BCUT2D eigenvalue weighted by molar-refractivity contribution is 5.94. The van der Waals surface area contributed by atoms with Gasteiger partial charge in [-0.15, -0.1) is 0 Å². The van der Waals surface area contributed by atoms with E-state index >= 15 is 0 Å². The van der Waals surface area contributed by atoms with E-state index in [-0.39, 0.29) is 5.56 Å². The van der Waals surface area contributed by atoms with Crippen molar-refractivity contribution in [2.24, 2.45) is 0 Å². The summed E-state index contributed by atoms with van der Waals surface area (Å²) < 4.78 is 44.4. The van der Waals surface area contributed by atoms with Gasteiger partial charge in [-0.2, -0.15) is 18.2 Å². The average Bonchev–Trinajstić information content (AvgIpc) is 3.36. The number of halogens is 3. The lowest BCUT2D eigenvalue weighted by Gasteiger charge is -2.22. The monoisotopic (exact) mass is 401 g/mol. The topological polar surface area (TPSA) is 59.2 Å². The van der Waals surface area contributed by atoms with Crippen LogP contribution in [0, 0.1) is 6.92 Å².